The van der Waals surface area contributed by atoms with Crippen LogP contribution < -0.4 is 0 Å². The summed E-state index contributed by atoms with van der Waals surface area (Å²) in [4.78, 5) is 29.4. The lowest BCUT2D eigenvalue weighted by Crippen LogP contribution is -2.37. The average Bonchev–Trinajstić information content (AvgIpc) is 3.35. The number of carbonyl (C=O) groups excluding carboxylic acids is 1. The fraction of sp³-hybridized carbons (Fsp3) is 0.154. The van der Waals surface area contributed by atoms with Crippen molar-refractivity contribution in [1.29, 1.82) is 0 Å². The molecule has 0 saturated carbocycles. The first kappa shape index (κ1) is 22.1. The maximum Gasteiger partial charge on any atom is 0.335 e. The molecular weight excluding hydrogens is 446 g/mol. The van der Waals surface area contributed by atoms with Crippen molar-refractivity contribution in [2.45, 2.75) is 19.6 Å². The van der Waals surface area contributed by atoms with Gasteiger partial charge in [0.1, 0.15) is 18.6 Å². The van der Waals surface area contributed by atoms with Gasteiger partial charge in [-0.2, -0.15) is 0 Å². The molecule has 35 heavy (non-hydrogen) atoms. The van der Waals surface area contributed by atoms with E-state index in [1.807, 2.05) is 60.7 Å². The summed E-state index contributed by atoms with van der Waals surface area (Å²) in [5, 5.41) is 21.4. The van der Waals surface area contributed by atoms with Crippen LogP contribution in [0.2, 0.25) is 0 Å². The van der Waals surface area contributed by atoms with Crippen molar-refractivity contribution in [1.82, 2.24) is 20.2 Å². The van der Waals surface area contributed by atoms with Crippen molar-refractivity contribution in [2.75, 3.05) is 0 Å². The highest BCUT2D eigenvalue weighted by atomic mass is 16.5. The SMILES string of the molecule is CC1=Nc2nnnn2C(c2ccccc2-c2cccc(C(=O)O)c2)C1C(=O)OCc1ccccc1. The van der Waals surface area contributed by atoms with Crippen LogP contribution in [0.3, 0.4) is 0 Å². The number of esters is 1. The van der Waals surface area contributed by atoms with Crippen LogP contribution in [-0.2, 0) is 16.1 Å². The fourth-order valence-corrected chi connectivity index (χ4v) is 4.31. The topological polar surface area (TPSA) is 120 Å². The highest BCUT2D eigenvalue weighted by molar-refractivity contribution is 6.03. The van der Waals surface area contributed by atoms with Gasteiger partial charge >= 0.3 is 11.9 Å². The van der Waals surface area contributed by atoms with Crippen molar-refractivity contribution in [2.24, 2.45) is 10.9 Å². The van der Waals surface area contributed by atoms with Gasteiger partial charge in [-0.25, -0.2) is 14.5 Å². The minimum Gasteiger partial charge on any atom is -0.478 e. The summed E-state index contributed by atoms with van der Waals surface area (Å²) in [7, 11) is 0. The van der Waals surface area contributed by atoms with Gasteiger partial charge in [-0.3, -0.25) is 4.79 Å². The lowest BCUT2D eigenvalue weighted by Gasteiger charge is -2.30. The van der Waals surface area contributed by atoms with Gasteiger partial charge in [-0.05, 0) is 51.7 Å². The normalized spacial score (nSPS) is 16.8. The van der Waals surface area contributed by atoms with Crippen LogP contribution in [0.15, 0.2) is 83.9 Å². The number of hydrogen-bond donors (Lipinski definition) is 1. The van der Waals surface area contributed by atoms with Crippen LogP contribution in [-0.4, -0.2) is 43.0 Å². The summed E-state index contributed by atoms with van der Waals surface area (Å²) in [5.41, 5.74) is 3.78. The molecule has 0 spiro atoms. The first-order chi connectivity index (χ1) is 17.0. The molecule has 0 radical (unpaired) electrons. The molecule has 2 heterocycles. The Kier molecular flexibility index (Phi) is 5.88. The van der Waals surface area contributed by atoms with E-state index in [0.717, 1.165) is 16.7 Å². The van der Waals surface area contributed by atoms with Gasteiger partial charge in [0.25, 0.3) is 5.95 Å². The molecule has 4 aromatic rings. The molecule has 1 aliphatic rings. The van der Waals surface area contributed by atoms with Gasteiger partial charge in [-0.15, -0.1) is 0 Å². The molecular formula is C26H21N5O4. The van der Waals surface area contributed by atoms with Crippen molar-refractivity contribution in [3.63, 3.8) is 0 Å². The van der Waals surface area contributed by atoms with Gasteiger partial charge in [0, 0.05) is 5.71 Å². The molecule has 2 atom stereocenters. The highest BCUT2D eigenvalue weighted by Crippen LogP contribution is 2.40. The van der Waals surface area contributed by atoms with Crippen LogP contribution in [0, 0.1) is 5.92 Å². The number of carboxylic acids is 1. The van der Waals surface area contributed by atoms with Crippen molar-refractivity contribution in [3.05, 3.63) is 95.6 Å². The zero-order valence-corrected chi connectivity index (χ0v) is 18.8. The smallest absolute Gasteiger partial charge is 0.335 e. The number of aromatic nitrogens is 4. The van der Waals surface area contributed by atoms with E-state index in [9.17, 15) is 14.7 Å². The molecule has 0 aliphatic carbocycles. The lowest BCUT2D eigenvalue weighted by atomic mass is 9.84. The molecule has 174 valence electrons. The number of nitrogens with zero attached hydrogens (tertiary/aromatic N) is 5. The number of aromatic carboxylic acids is 1. The summed E-state index contributed by atoms with van der Waals surface area (Å²) in [6.07, 6.45) is 0. The minimum atomic E-state index is -1.02. The number of carbonyl (C=O) groups is 2. The second-order valence-corrected chi connectivity index (χ2v) is 8.17. The standard InChI is InChI=1S/C26H21N5O4/c1-16-22(25(34)35-15-17-8-3-2-4-9-17)23(31-26(27-16)28-29-30-31)21-13-6-5-12-20(21)18-10-7-11-19(14-18)24(32)33/h2-14,22-23H,15H2,1H3,(H,32,33). The molecule has 1 N–H and O–H groups in total. The zero-order valence-electron chi connectivity index (χ0n) is 18.8. The number of tetrazole rings is 1. The zero-order chi connectivity index (χ0) is 24.4. The quantitative estimate of drug-likeness (QED) is 0.424. The Morgan fingerprint density at radius 2 is 1.77 bits per heavy atom. The molecule has 0 bridgehead atoms. The summed E-state index contributed by atoms with van der Waals surface area (Å²) >= 11 is 0. The molecule has 1 aromatic heterocycles. The van der Waals surface area contributed by atoms with E-state index in [4.69, 9.17) is 4.74 Å². The number of aliphatic imine (C=N–C) groups is 1. The van der Waals surface area contributed by atoms with E-state index in [0.29, 0.717) is 11.3 Å². The second-order valence-electron chi connectivity index (χ2n) is 8.17. The number of hydrogen-bond acceptors (Lipinski definition) is 7. The monoisotopic (exact) mass is 467 g/mol. The maximum atomic E-state index is 13.4. The van der Waals surface area contributed by atoms with E-state index >= 15 is 0 Å². The third-order valence-electron chi connectivity index (χ3n) is 5.96. The Hall–Kier alpha value is -4.66. The molecule has 3 aromatic carbocycles. The summed E-state index contributed by atoms with van der Waals surface area (Å²) < 4.78 is 7.21. The Labute approximate surface area is 200 Å². The average molecular weight is 467 g/mol. The number of rotatable bonds is 6. The number of fused-ring (bicyclic) bond motifs is 1. The molecule has 9 heteroatoms. The third kappa shape index (κ3) is 4.31. The lowest BCUT2D eigenvalue weighted by molar-refractivity contribution is -0.148. The second kappa shape index (κ2) is 9.30. The Balaban J connectivity index is 1.58. The number of ether oxygens (including phenoxy) is 1. The summed E-state index contributed by atoms with van der Waals surface area (Å²) in [5.74, 6) is -1.96. The first-order valence-electron chi connectivity index (χ1n) is 11.0. The molecule has 9 nitrogen and oxygen atoms in total. The van der Waals surface area contributed by atoms with Gasteiger partial charge in [0.05, 0.1) is 5.56 Å². The minimum absolute atomic E-state index is 0.126. The third-order valence-corrected chi connectivity index (χ3v) is 5.96. The Bertz CT molecular complexity index is 1430. The predicted molar refractivity (Wildman–Crippen MR) is 127 cm³/mol. The van der Waals surface area contributed by atoms with Crippen LogP contribution in [0.1, 0.15) is 34.5 Å². The van der Waals surface area contributed by atoms with Gasteiger partial charge in [0.2, 0.25) is 0 Å². The fourth-order valence-electron chi connectivity index (χ4n) is 4.31. The van der Waals surface area contributed by atoms with Crippen LogP contribution in [0.4, 0.5) is 5.95 Å². The van der Waals surface area contributed by atoms with E-state index in [1.165, 1.54) is 10.7 Å². The summed E-state index contributed by atoms with van der Waals surface area (Å²) in [6, 6.07) is 23.0. The first-order valence-corrected chi connectivity index (χ1v) is 11.0. The number of carboxylic acid groups (broad SMARTS) is 1. The molecule has 0 amide bonds. The Morgan fingerprint density at radius 3 is 2.57 bits per heavy atom. The molecule has 1 aliphatic heterocycles. The summed E-state index contributed by atoms with van der Waals surface area (Å²) in [6.45, 7) is 1.88. The van der Waals surface area contributed by atoms with Gasteiger partial charge < -0.3 is 9.84 Å². The largest absolute Gasteiger partial charge is 0.478 e. The highest BCUT2D eigenvalue weighted by Gasteiger charge is 2.41. The van der Waals surface area contributed by atoms with Crippen molar-refractivity contribution >= 4 is 23.6 Å². The van der Waals surface area contributed by atoms with E-state index in [1.54, 1.807) is 19.1 Å². The predicted octanol–water partition coefficient (Wildman–Crippen LogP) is 4.09. The molecule has 0 fully saturated rings. The van der Waals surface area contributed by atoms with E-state index in [2.05, 4.69) is 20.5 Å². The van der Waals surface area contributed by atoms with Crippen LogP contribution in [0.5, 0.6) is 0 Å². The van der Waals surface area contributed by atoms with E-state index in [-0.39, 0.29) is 18.1 Å². The van der Waals surface area contributed by atoms with Crippen LogP contribution in [0.25, 0.3) is 11.1 Å². The van der Waals surface area contributed by atoms with Crippen molar-refractivity contribution < 1.29 is 19.4 Å². The van der Waals surface area contributed by atoms with E-state index < -0.39 is 23.9 Å². The number of benzene rings is 3. The Morgan fingerprint density at radius 1 is 1.00 bits per heavy atom. The molecule has 0 saturated heterocycles. The van der Waals surface area contributed by atoms with Gasteiger partial charge in [-0.1, -0.05) is 71.8 Å². The molecule has 5 rings (SSSR count). The van der Waals surface area contributed by atoms with Gasteiger partial charge in [0.15, 0.2) is 0 Å². The van der Waals surface area contributed by atoms with Crippen LogP contribution >= 0.6 is 0 Å². The van der Waals surface area contributed by atoms with Crippen molar-refractivity contribution in [3.8, 4) is 11.1 Å². The molecule has 2 unspecified atom stereocenters. The maximum absolute atomic E-state index is 13.4.